The Morgan fingerprint density at radius 1 is 1.77 bits per heavy atom. The van der Waals surface area contributed by atoms with Crippen LogP contribution in [0.1, 0.15) is 20.3 Å². The predicted molar refractivity (Wildman–Crippen MR) is 49.4 cm³/mol. The average Bonchev–Trinajstić information content (AvgIpc) is 2.13. The lowest BCUT2D eigenvalue weighted by Gasteiger charge is -2.23. The highest BCUT2D eigenvalue weighted by Gasteiger charge is 2.39. The fourth-order valence-corrected chi connectivity index (χ4v) is 1.18. The summed E-state index contributed by atoms with van der Waals surface area (Å²) < 4.78 is 0.730. The fraction of sp³-hybridized carbons (Fsp3) is 0.857. The van der Waals surface area contributed by atoms with Crippen molar-refractivity contribution in [3.8, 4) is 0 Å². The van der Waals surface area contributed by atoms with Crippen molar-refractivity contribution < 1.29 is 4.76 Å². The van der Waals surface area contributed by atoms with Crippen LogP contribution in [-0.2, 0) is 0 Å². The molecule has 0 amide bonds. The van der Waals surface area contributed by atoms with Gasteiger partial charge in [0.15, 0.2) is 0 Å². The van der Waals surface area contributed by atoms with Gasteiger partial charge in [0.05, 0.1) is 4.76 Å². The van der Waals surface area contributed by atoms with Crippen LogP contribution >= 0.6 is 0 Å². The first-order chi connectivity index (χ1) is 6.07. The smallest absolute Gasteiger partial charge is 0.249 e. The van der Waals surface area contributed by atoms with E-state index in [2.05, 4.69) is 4.99 Å². The van der Waals surface area contributed by atoms with E-state index in [0.29, 0.717) is 0 Å². The zero-order valence-electron chi connectivity index (χ0n) is 7.92. The lowest BCUT2D eigenvalue weighted by Crippen LogP contribution is -2.58. The van der Waals surface area contributed by atoms with Crippen LogP contribution in [0.5, 0.6) is 0 Å². The molecule has 0 spiro atoms. The van der Waals surface area contributed by atoms with Gasteiger partial charge in [0, 0.05) is 10.8 Å². The Labute approximate surface area is 77.1 Å². The van der Waals surface area contributed by atoms with E-state index < -0.39 is 12.5 Å². The quantitative estimate of drug-likeness (QED) is 0.453. The van der Waals surface area contributed by atoms with Gasteiger partial charge in [-0.05, 0) is 6.42 Å². The number of nitrogens with two attached hydrogens (primary N) is 2. The van der Waals surface area contributed by atoms with Gasteiger partial charge in [-0.3, -0.25) is 0 Å². The van der Waals surface area contributed by atoms with Crippen LogP contribution in [0.2, 0.25) is 0 Å². The summed E-state index contributed by atoms with van der Waals surface area (Å²) in [4.78, 5) is 15.5. The molecular formula is C7H16N5O+. The summed E-state index contributed by atoms with van der Waals surface area (Å²) >= 11 is 0. The van der Waals surface area contributed by atoms with Gasteiger partial charge in [-0.2, -0.15) is 0 Å². The molecule has 6 nitrogen and oxygen atoms in total. The normalized spacial score (nSPS) is 30.8. The maximum Gasteiger partial charge on any atom is 0.349 e. The van der Waals surface area contributed by atoms with Gasteiger partial charge in [0.2, 0.25) is 0 Å². The largest absolute Gasteiger partial charge is 0.349 e. The zero-order chi connectivity index (χ0) is 10.0. The SMILES string of the molecule is CCC(C)C1N=CN(N)C(N)[N+]1=O. The molecule has 0 radical (unpaired) electrons. The fourth-order valence-electron chi connectivity index (χ4n) is 1.18. The van der Waals surface area contributed by atoms with Crippen LogP contribution in [0.4, 0.5) is 0 Å². The molecule has 1 aliphatic heterocycles. The molecule has 0 saturated heterocycles. The second kappa shape index (κ2) is 3.80. The molecule has 0 saturated carbocycles. The van der Waals surface area contributed by atoms with E-state index >= 15 is 0 Å². The Hall–Kier alpha value is -1.01. The molecule has 1 rings (SSSR count). The Morgan fingerprint density at radius 3 is 2.92 bits per heavy atom. The van der Waals surface area contributed by atoms with Crippen molar-refractivity contribution in [3.63, 3.8) is 0 Å². The first-order valence-electron chi connectivity index (χ1n) is 4.35. The molecule has 0 aromatic heterocycles. The van der Waals surface area contributed by atoms with Gasteiger partial charge in [-0.1, -0.05) is 13.8 Å². The van der Waals surface area contributed by atoms with Crippen LogP contribution in [0, 0.1) is 10.8 Å². The maximum absolute atomic E-state index is 11.5. The number of nitrogens with zero attached hydrogens (tertiary/aromatic N) is 3. The molecular weight excluding hydrogens is 170 g/mol. The third-order valence-electron chi connectivity index (χ3n) is 2.33. The van der Waals surface area contributed by atoms with E-state index in [4.69, 9.17) is 11.6 Å². The lowest BCUT2D eigenvalue weighted by molar-refractivity contribution is -0.646. The van der Waals surface area contributed by atoms with E-state index in [1.807, 2.05) is 13.8 Å². The van der Waals surface area contributed by atoms with Crippen LogP contribution in [0.3, 0.4) is 0 Å². The van der Waals surface area contributed by atoms with Crippen molar-refractivity contribution >= 4 is 6.34 Å². The van der Waals surface area contributed by atoms with Gasteiger partial charge >= 0.3 is 12.5 Å². The molecule has 3 unspecified atom stereocenters. The van der Waals surface area contributed by atoms with Gasteiger partial charge in [-0.25, -0.2) is 21.6 Å². The van der Waals surface area contributed by atoms with Crippen LogP contribution in [0.25, 0.3) is 0 Å². The van der Waals surface area contributed by atoms with Gasteiger partial charge in [0.1, 0.15) is 6.34 Å². The summed E-state index contributed by atoms with van der Waals surface area (Å²) in [6.45, 7) is 3.97. The molecule has 0 aromatic carbocycles. The third kappa shape index (κ3) is 1.84. The van der Waals surface area contributed by atoms with E-state index in [0.717, 1.165) is 16.2 Å². The molecule has 1 aliphatic rings. The van der Waals surface area contributed by atoms with E-state index in [9.17, 15) is 4.91 Å². The number of hydrogen-bond acceptors (Lipinski definition) is 5. The summed E-state index contributed by atoms with van der Waals surface area (Å²) in [6, 6.07) is 0. The standard InChI is InChI=1S/C7H16N5O/c1-3-5(2)6-10-4-11(9)7(8)12(6)13/h4-7H,3,8-9H2,1-2H3/q+1. The van der Waals surface area contributed by atoms with Crippen molar-refractivity contribution in [3.05, 3.63) is 4.91 Å². The molecule has 0 aromatic rings. The Bertz CT molecular complexity index is 229. The van der Waals surface area contributed by atoms with E-state index in [1.54, 1.807) is 0 Å². The minimum absolute atomic E-state index is 0.188. The van der Waals surface area contributed by atoms with Crippen molar-refractivity contribution in [2.45, 2.75) is 32.7 Å². The molecule has 1 heterocycles. The second-order valence-corrected chi connectivity index (χ2v) is 3.28. The highest BCUT2D eigenvalue weighted by atomic mass is 16.3. The molecule has 0 aliphatic carbocycles. The topological polar surface area (TPSA) is 87.7 Å². The van der Waals surface area contributed by atoms with Crippen molar-refractivity contribution in [1.82, 2.24) is 5.01 Å². The van der Waals surface area contributed by atoms with Gasteiger partial charge in [-0.15, -0.1) is 0 Å². The van der Waals surface area contributed by atoms with Crippen LogP contribution in [-0.4, -0.2) is 28.6 Å². The van der Waals surface area contributed by atoms with E-state index in [1.165, 1.54) is 6.34 Å². The summed E-state index contributed by atoms with van der Waals surface area (Å²) in [5.74, 6) is 5.58. The molecule has 6 heteroatoms. The first-order valence-corrected chi connectivity index (χ1v) is 4.35. The van der Waals surface area contributed by atoms with E-state index in [-0.39, 0.29) is 5.92 Å². The summed E-state index contributed by atoms with van der Waals surface area (Å²) in [5, 5.41) is 1.10. The van der Waals surface area contributed by atoms with Crippen molar-refractivity contribution in [2.24, 2.45) is 22.5 Å². The minimum atomic E-state index is -0.823. The van der Waals surface area contributed by atoms with Crippen LogP contribution < -0.4 is 11.6 Å². The van der Waals surface area contributed by atoms with Crippen molar-refractivity contribution in [1.29, 1.82) is 0 Å². The number of hydrazine groups is 1. The van der Waals surface area contributed by atoms with Gasteiger partial charge in [0.25, 0.3) is 0 Å². The number of rotatable bonds is 2. The number of aliphatic imine (C=N–C) groups is 1. The molecule has 3 atom stereocenters. The summed E-state index contributed by atoms with van der Waals surface area (Å²) in [7, 11) is 0. The molecule has 74 valence electrons. The van der Waals surface area contributed by atoms with Crippen LogP contribution in [0.15, 0.2) is 4.99 Å². The lowest BCUT2D eigenvalue weighted by atomic mass is 10.1. The molecule has 0 bridgehead atoms. The Morgan fingerprint density at radius 2 is 2.38 bits per heavy atom. The number of nitroso groups, excluding NO2 is 1. The highest BCUT2D eigenvalue weighted by Crippen LogP contribution is 2.15. The summed E-state index contributed by atoms with van der Waals surface area (Å²) in [6.07, 6.45) is 1.07. The summed E-state index contributed by atoms with van der Waals surface area (Å²) in [5.41, 5.74) is 5.53. The molecule has 0 fully saturated rings. The van der Waals surface area contributed by atoms with Crippen molar-refractivity contribution in [2.75, 3.05) is 0 Å². The highest BCUT2D eigenvalue weighted by molar-refractivity contribution is 5.54. The Balaban J connectivity index is 2.78. The average molecular weight is 186 g/mol. The number of hydrogen-bond donors (Lipinski definition) is 2. The zero-order valence-corrected chi connectivity index (χ0v) is 7.92. The molecule has 4 N–H and O–H groups in total. The Kier molecular flexibility index (Phi) is 2.94. The monoisotopic (exact) mass is 186 g/mol. The first kappa shape index (κ1) is 10.1. The maximum atomic E-state index is 11.5. The third-order valence-corrected chi connectivity index (χ3v) is 2.33. The minimum Gasteiger partial charge on any atom is -0.249 e. The van der Waals surface area contributed by atoms with Gasteiger partial charge < -0.3 is 0 Å². The molecule has 13 heavy (non-hydrogen) atoms. The predicted octanol–water partition coefficient (Wildman–Crippen LogP) is -0.403. The second-order valence-electron chi connectivity index (χ2n) is 3.28.